The summed E-state index contributed by atoms with van der Waals surface area (Å²) in [5.74, 6) is 0.947. The number of methoxy groups -OCH3 is 1. The molecule has 1 aliphatic heterocycles. The lowest BCUT2D eigenvalue weighted by Gasteiger charge is -2.37. The van der Waals surface area contributed by atoms with Crippen molar-refractivity contribution in [2.45, 2.75) is 12.8 Å². The molecule has 0 atom stereocenters. The minimum atomic E-state index is 0.216. The molecule has 3 rings (SSSR count). The van der Waals surface area contributed by atoms with Gasteiger partial charge in [0.2, 0.25) is 0 Å². The third kappa shape index (κ3) is 3.34. The van der Waals surface area contributed by atoms with Gasteiger partial charge in [0.1, 0.15) is 5.82 Å². The fourth-order valence-corrected chi connectivity index (χ4v) is 3.08. The quantitative estimate of drug-likeness (QED) is 0.886. The van der Waals surface area contributed by atoms with E-state index in [4.69, 9.17) is 4.74 Å². The number of rotatable bonds is 5. The van der Waals surface area contributed by atoms with Crippen LogP contribution in [0.15, 0.2) is 36.4 Å². The van der Waals surface area contributed by atoms with E-state index in [0.29, 0.717) is 0 Å². The SMILES string of the molecule is COCC1(CNc2ccc3ccccc3n2)CCNCC1. The number of benzene rings is 1. The van der Waals surface area contributed by atoms with Gasteiger partial charge in [-0.05, 0) is 44.1 Å². The van der Waals surface area contributed by atoms with Crippen molar-refractivity contribution < 1.29 is 4.74 Å². The molecule has 4 heteroatoms. The van der Waals surface area contributed by atoms with E-state index in [1.54, 1.807) is 7.11 Å². The number of anilines is 1. The van der Waals surface area contributed by atoms with Gasteiger partial charge in [0.25, 0.3) is 0 Å². The molecule has 1 aromatic carbocycles. The van der Waals surface area contributed by atoms with Crippen LogP contribution in [0.25, 0.3) is 10.9 Å². The molecule has 0 spiro atoms. The number of para-hydroxylation sites is 1. The van der Waals surface area contributed by atoms with Crippen LogP contribution in [-0.2, 0) is 4.74 Å². The molecule has 1 fully saturated rings. The number of piperidine rings is 1. The monoisotopic (exact) mass is 285 g/mol. The second-order valence-electron chi connectivity index (χ2n) is 5.93. The number of pyridine rings is 1. The zero-order chi connectivity index (χ0) is 14.5. The maximum Gasteiger partial charge on any atom is 0.126 e. The van der Waals surface area contributed by atoms with Gasteiger partial charge in [-0.3, -0.25) is 0 Å². The van der Waals surface area contributed by atoms with E-state index in [1.807, 2.05) is 12.1 Å². The van der Waals surface area contributed by atoms with Crippen LogP contribution in [0.2, 0.25) is 0 Å². The summed E-state index contributed by atoms with van der Waals surface area (Å²) in [5, 5.41) is 8.11. The molecule has 0 bridgehead atoms. The largest absolute Gasteiger partial charge is 0.384 e. The number of hydrogen-bond acceptors (Lipinski definition) is 4. The molecule has 0 aliphatic carbocycles. The van der Waals surface area contributed by atoms with Crippen LogP contribution in [0, 0.1) is 5.41 Å². The van der Waals surface area contributed by atoms with Crippen molar-refractivity contribution in [1.82, 2.24) is 10.3 Å². The summed E-state index contributed by atoms with van der Waals surface area (Å²) < 4.78 is 5.46. The van der Waals surface area contributed by atoms with Gasteiger partial charge in [0, 0.05) is 24.5 Å². The molecule has 2 heterocycles. The van der Waals surface area contributed by atoms with Gasteiger partial charge in [0.15, 0.2) is 0 Å². The highest BCUT2D eigenvalue weighted by Gasteiger charge is 2.31. The van der Waals surface area contributed by atoms with E-state index in [2.05, 4.69) is 39.9 Å². The normalized spacial score (nSPS) is 17.8. The first kappa shape index (κ1) is 14.3. The van der Waals surface area contributed by atoms with Gasteiger partial charge in [-0.1, -0.05) is 18.2 Å². The van der Waals surface area contributed by atoms with Crippen LogP contribution in [0.4, 0.5) is 5.82 Å². The Bertz CT molecular complexity index is 588. The van der Waals surface area contributed by atoms with Gasteiger partial charge in [-0.2, -0.15) is 0 Å². The summed E-state index contributed by atoms with van der Waals surface area (Å²) in [6, 6.07) is 12.4. The second kappa shape index (κ2) is 6.41. The van der Waals surface area contributed by atoms with Gasteiger partial charge >= 0.3 is 0 Å². The maximum absolute atomic E-state index is 5.46. The Kier molecular flexibility index (Phi) is 4.36. The lowest BCUT2D eigenvalue weighted by molar-refractivity contribution is 0.0635. The molecular weight excluding hydrogens is 262 g/mol. The second-order valence-corrected chi connectivity index (χ2v) is 5.93. The smallest absolute Gasteiger partial charge is 0.126 e. The molecule has 112 valence electrons. The van der Waals surface area contributed by atoms with Crippen LogP contribution in [0.5, 0.6) is 0 Å². The van der Waals surface area contributed by atoms with Crippen molar-refractivity contribution in [3.05, 3.63) is 36.4 Å². The summed E-state index contributed by atoms with van der Waals surface area (Å²) in [7, 11) is 1.79. The highest BCUT2D eigenvalue weighted by Crippen LogP contribution is 2.29. The van der Waals surface area contributed by atoms with E-state index in [1.165, 1.54) is 5.39 Å². The predicted molar refractivity (Wildman–Crippen MR) is 86.6 cm³/mol. The molecule has 0 amide bonds. The van der Waals surface area contributed by atoms with Crippen molar-refractivity contribution in [1.29, 1.82) is 0 Å². The van der Waals surface area contributed by atoms with Gasteiger partial charge < -0.3 is 15.4 Å². The van der Waals surface area contributed by atoms with Crippen molar-refractivity contribution in [3.63, 3.8) is 0 Å². The van der Waals surface area contributed by atoms with Crippen LogP contribution >= 0.6 is 0 Å². The molecule has 0 radical (unpaired) electrons. The van der Waals surface area contributed by atoms with Crippen LogP contribution in [0.1, 0.15) is 12.8 Å². The van der Waals surface area contributed by atoms with Crippen molar-refractivity contribution in [2.75, 3.05) is 38.7 Å². The molecule has 2 N–H and O–H groups in total. The molecule has 0 unspecified atom stereocenters. The molecular formula is C17H23N3O. The minimum Gasteiger partial charge on any atom is -0.384 e. The van der Waals surface area contributed by atoms with Crippen LogP contribution in [0.3, 0.4) is 0 Å². The Labute approximate surface area is 125 Å². The van der Waals surface area contributed by atoms with Crippen molar-refractivity contribution in [3.8, 4) is 0 Å². The molecule has 0 saturated carbocycles. The first-order valence-electron chi connectivity index (χ1n) is 7.61. The number of nitrogens with one attached hydrogen (secondary N) is 2. The molecule has 1 aromatic heterocycles. The van der Waals surface area contributed by atoms with E-state index in [-0.39, 0.29) is 5.41 Å². The third-order valence-electron chi connectivity index (χ3n) is 4.36. The fraction of sp³-hybridized carbons (Fsp3) is 0.471. The lowest BCUT2D eigenvalue weighted by Crippen LogP contribution is -2.44. The Morgan fingerprint density at radius 2 is 2.00 bits per heavy atom. The summed E-state index contributed by atoms with van der Waals surface area (Å²) in [5.41, 5.74) is 1.25. The maximum atomic E-state index is 5.46. The summed E-state index contributed by atoms with van der Waals surface area (Å²) in [4.78, 5) is 4.68. The van der Waals surface area contributed by atoms with E-state index in [9.17, 15) is 0 Å². The van der Waals surface area contributed by atoms with E-state index < -0.39 is 0 Å². The topological polar surface area (TPSA) is 46.2 Å². The Balaban J connectivity index is 1.71. The van der Waals surface area contributed by atoms with E-state index in [0.717, 1.165) is 50.4 Å². The third-order valence-corrected chi connectivity index (χ3v) is 4.36. The number of ether oxygens (including phenoxy) is 1. The van der Waals surface area contributed by atoms with Crippen molar-refractivity contribution in [2.24, 2.45) is 5.41 Å². The van der Waals surface area contributed by atoms with Gasteiger partial charge in [-0.15, -0.1) is 0 Å². The summed E-state index contributed by atoms with van der Waals surface area (Å²) >= 11 is 0. The first-order valence-corrected chi connectivity index (χ1v) is 7.61. The average molecular weight is 285 g/mol. The molecule has 2 aromatic rings. The highest BCUT2D eigenvalue weighted by atomic mass is 16.5. The lowest BCUT2D eigenvalue weighted by atomic mass is 9.79. The summed E-state index contributed by atoms with van der Waals surface area (Å²) in [6.07, 6.45) is 2.28. The number of nitrogens with zero attached hydrogens (tertiary/aromatic N) is 1. The molecule has 1 saturated heterocycles. The molecule has 1 aliphatic rings. The summed E-state index contributed by atoms with van der Waals surface area (Å²) in [6.45, 7) is 3.84. The fourth-order valence-electron chi connectivity index (χ4n) is 3.08. The Morgan fingerprint density at radius 1 is 1.19 bits per heavy atom. The van der Waals surface area contributed by atoms with Crippen LogP contribution in [-0.4, -0.2) is 38.3 Å². The Morgan fingerprint density at radius 3 is 2.81 bits per heavy atom. The predicted octanol–water partition coefficient (Wildman–Crippen LogP) is 2.66. The number of fused-ring (bicyclic) bond motifs is 1. The van der Waals surface area contributed by atoms with E-state index >= 15 is 0 Å². The average Bonchev–Trinajstić information content (AvgIpc) is 2.54. The Hall–Kier alpha value is -1.65. The van der Waals surface area contributed by atoms with Gasteiger partial charge in [-0.25, -0.2) is 4.98 Å². The zero-order valence-electron chi connectivity index (χ0n) is 12.6. The minimum absolute atomic E-state index is 0.216. The zero-order valence-corrected chi connectivity index (χ0v) is 12.6. The van der Waals surface area contributed by atoms with Crippen LogP contribution < -0.4 is 10.6 Å². The first-order chi connectivity index (χ1) is 10.3. The van der Waals surface area contributed by atoms with Gasteiger partial charge in [0.05, 0.1) is 12.1 Å². The van der Waals surface area contributed by atoms with Crippen molar-refractivity contribution >= 4 is 16.7 Å². The number of aromatic nitrogens is 1. The highest BCUT2D eigenvalue weighted by molar-refractivity contribution is 5.80. The standard InChI is InChI=1S/C17H23N3O/c1-21-13-17(8-10-18-11-9-17)12-19-16-7-6-14-4-2-3-5-15(14)20-16/h2-7,18H,8-13H2,1H3,(H,19,20). The molecule has 21 heavy (non-hydrogen) atoms. The number of hydrogen-bond donors (Lipinski definition) is 2. The molecule has 4 nitrogen and oxygen atoms in total.